The number of aromatic carboxylic acids is 1. The lowest BCUT2D eigenvalue weighted by Crippen LogP contribution is -2.10. The van der Waals surface area contributed by atoms with Gasteiger partial charge in [0.25, 0.3) is 0 Å². The maximum Gasteiger partial charge on any atom is 0.336 e. The van der Waals surface area contributed by atoms with Crippen molar-refractivity contribution in [2.45, 2.75) is 13.8 Å². The van der Waals surface area contributed by atoms with E-state index in [0.29, 0.717) is 44.7 Å². The molecule has 0 spiro atoms. The Balaban J connectivity index is 2.11. The Morgan fingerprint density at radius 3 is 2.43 bits per heavy atom. The largest absolute Gasteiger partial charge is 0.478 e. The summed E-state index contributed by atoms with van der Waals surface area (Å²) in [4.78, 5) is 24.6. The van der Waals surface area contributed by atoms with Crippen LogP contribution in [0, 0.1) is 11.3 Å². The maximum atomic E-state index is 12.4. The van der Waals surface area contributed by atoms with Crippen LogP contribution in [0.2, 0.25) is 0 Å². The van der Waals surface area contributed by atoms with Gasteiger partial charge in [-0.15, -0.1) is 0 Å². The number of carboxylic acid groups (broad SMARTS) is 1. The average molecular weight is 400 g/mol. The second-order valence-corrected chi connectivity index (χ2v) is 7.53. The number of nitrogen functional groups attached to an aromatic ring is 1. The van der Waals surface area contributed by atoms with Crippen molar-refractivity contribution in [3.8, 4) is 22.5 Å². The molecule has 30 heavy (non-hydrogen) atoms. The van der Waals surface area contributed by atoms with Crippen molar-refractivity contribution in [1.82, 2.24) is 0 Å². The van der Waals surface area contributed by atoms with E-state index < -0.39 is 5.97 Å². The minimum atomic E-state index is -1.13. The summed E-state index contributed by atoms with van der Waals surface area (Å²) >= 11 is 0. The van der Waals surface area contributed by atoms with E-state index in [9.17, 15) is 14.7 Å². The van der Waals surface area contributed by atoms with Gasteiger partial charge in [0, 0.05) is 45.8 Å². The molecule has 0 saturated carbocycles. The molecule has 1 aliphatic heterocycles. The Hall–Kier alpha value is -3.93. The standard InChI is InChI=1S/C24H20N2O4/c1-12(2)23(27)13-3-6-16(19(9-13)24(28)29)22-17-7-4-14(25)10-20(17)30-21-11-15(26)5-8-18(21)22/h3-12,25H,26H2,1-2H3,(H,28,29). The highest BCUT2D eigenvalue weighted by Crippen LogP contribution is 2.41. The van der Waals surface area contributed by atoms with E-state index in [1.807, 2.05) is 0 Å². The second kappa shape index (κ2) is 7.15. The van der Waals surface area contributed by atoms with Gasteiger partial charge in [0.1, 0.15) is 11.3 Å². The molecule has 2 aliphatic rings. The zero-order chi connectivity index (χ0) is 21.6. The molecule has 0 bridgehead atoms. The normalized spacial score (nSPS) is 11.3. The van der Waals surface area contributed by atoms with Crippen molar-refractivity contribution in [2.75, 3.05) is 5.73 Å². The minimum absolute atomic E-state index is 0.0297. The van der Waals surface area contributed by atoms with Crippen LogP contribution in [0.3, 0.4) is 0 Å². The molecule has 0 saturated heterocycles. The summed E-state index contributed by atoms with van der Waals surface area (Å²) in [6.45, 7) is 3.55. The fourth-order valence-electron chi connectivity index (χ4n) is 3.62. The highest BCUT2D eigenvalue weighted by atomic mass is 16.4. The Morgan fingerprint density at radius 1 is 1.00 bits per heavy atom. The third-order valence-corrected chi connectivity index (χ3v) is 5.07. The Kier molecular flexibility index (Phi) is 4.62. The topological polar surface area (TPSA) is 117 Å². The van der Waals surface area contributed by atoms with E-state index in [2.05, 4.69) is 0 Å². The van der Waals surface area contributed by atoms with E-state index in [1.165, 1.54) is 6.07 Å². The van der Waals surface area contributed by atoms with E-state index in [0.717, 1.165) is 0 Å². The number of nitrogens with two attached hydrogens (primary N) is 1. The molecule has 0 amide bonds. The summed E-state index contributed by atoms with van der Waals surface area (Å²) in [7, 11) is 0. The quantitative estimate of drug-likeness (QED) is 0.258. The monoisotopic (exact) mass is 400 g/mol. The molecule has 0 radical (unpaired) electrons. The molecule has 6 nitrogen and oxygen atoms in total. The molecule has 2 aromatic rings. The minimum Gasteiger partial charge on any atom is -0.478 e. The third kappa shape index (κ3) is 3.22. The van der Waals surface area contributed by atoms with Crippen molar-refractivity contribution < 1.29 is 19.1 Å². The number of fused-ring (bicyclic) bond motifs is 2. The fraction of sp³-hybridized carbons (Fsp3) is 0.125. The molecule has 1 heterocycles. The number of carboxylic acids is 1. The summed E-state index contributed by atoms with van der Waals surface area (Å²) in [5.74, 6) is -1.03. The van der Waals surface area contributed by atoms with Gasteiger partial charge in [0.15, 0.2) is 5.78 Å². The first kappa shape index (κ1) is 19.4. The highest BCUT2D eigenvalue weighted by molar-refractivity contribution is 6.09. The zero-order valence-corrected chi connectivity index (χ0v) is 16.5. The second-order valence-electron chi connectivity index (χ2n) is 7.53. The lowest BCUT2D eigenvalue weighted by atomic mass is 9.88. The van der Waals surface area contributed by atoms with Crippen LogP contribution in [0.5, 0.6) is 0 Å². The van der Waals surface area contributed by atoms with Crippen molar-refractivity contribution in [2.24, 2.45) is 5.92 Å². The summed E-state index contributed by atoms with van der Waals surface area (Å²) in [5.41, 5.74) is 9.11. The number of carbonyl (C=O) groups is 2. The Labute approximate surface area is 172 Å². The van der Waals surface area contributed by atoms with Crippen LogP contribution in [0.4, 0.5) is 5.69 Å². The number of hydrogen-bond donors (Lipinski definition) is 3. The SMILES string of the molecule is CC(C)C(=O)c1ccc(-c2c3ccc(=N)cc-3oc3cc(N)ccc23)c(C(=O)O)c1. The van der Waals surface area contributed by atoms with Crippen LogP contribution in [0.25, 0.3) is 33.4 Å². The van der Waals surface area contributed by atoms with Crippen molar-refractivity contribution >= 4 is 28.4 Å². The van der Waals surface area contributed by atoms with Gasteiger partial charge < -0.3 is 20.7 Å². The third-order valence-electron chi connectivity index (χ3n) is 5.07. The summed E-state index contributed by atoms with van der Waals surface area (Å²) < 4.78 is 5.96. The van der Waals surface area contributed by atoms with E-state index >= 15 is 0 Å². The number of hydrogen-bond acceptors (Lipinski definition) is 5. The summed E-state index contributed by atoms with van der Waals surface area (Å²) in [5, 5.41) is 18.8. The predicted octanol–water partition coefficient (Wildman–Crippen LogP) is 4.80. The molecule has 0 fully saturated rings. The van der Waals surface area contributed by atoms with Gasteiger partial charge in [-0.1, -0.05) is 26.0 Å². The van der Waals surface area contributed by atoms with Crippen molar-refractivity contribution in [3.63, 3.8) is 0 Å². The lowest BCUT2D eigenvalue weighted by molar-refractivity contribution is 0.0697. The number of rotatable bonds is 4. The summed E-state index contributed by atoms with van der Waals surface area (Å²) in [6.07, 6.45) is 0. The van der Waals surface area contributed by atoms with E-state index in [4.69, 9.17) is 15.6 Å². The molecule has 4 rings (SSSR count). The molecule has 2 aromatic carbocycles. The van der Waals surface area contributed by atoms with E-state index in [1.54, 1.807) is 62.4 Å². The van der Waals surface area contributed by atoms with Crippen LogP contribution in [-0.2, 0) is 0 Å². The molecule has 150 valence electrons. The van der Waals surface area contributed by atoms with Gasteiger partial charge in [-0.05, 0) is 35.9 Å². The molecule has 0 unspecified atom stereocenters. The maximum absolute atomic E-state index is 12.4. The molecule has 4 N–H and O–H groups in total. The van der Waals surface area contributed by atoms with Gasteiger partial charge in [-0.25, -0.2) is 4.79 Å². The number of benzene rings is 3. The van der Waals surface area contributed by atoms with Crippen molar-refractivity contribution in [3.05, 3.63) is 71.1 Å². The van der Waals surface area contributed by atoms with Crippen LogP contribution in [0.1, 0.15) is 34.6 Å². The number of anilines is 1. The van der Waals surface area contributed by atoms with Gasteiger partial charge in [0.2, 0.25) is 0 Å². The number of carbonyl (C=O) groups excluding carboxylic acids is 1. The zero-order valence-electron chi connectivity index (χ0n) is 16.5. The highest BCUT2D eigenvalue weighted by Gasteiger charge is 2.23. The Bertz CT molecular complexity index is 1350. The number of nitrogens with one attached hydrogen (secondary N) is 1. The van der Waals surface area contributed by atoms with Crippen molar-refractivity contribution in [1.29, 1.82) is 5.41 Å². The predicted molar refractivity (Wildman–Crippen MR) is 115 cm³/mol. The smallest absolute Gasteiger partial charge is 0.336 e. The van der Waals surface area contributed by atoms with Gasteiger partial charge >= 0.3 is 5.97 Å². The van der Waals surface area contributed by atoms with Crippen LogP contribution in [0.15, 0.2) is 59.0 Å². The molecule has 1 aliphatic carbocycles. The summed E-state index contributed by atoms with van der Waals surface area (Å²) in [6, 6.07) is 14.9. The van der Waals surface area contributed by atoms with Crippen LogP contribution < -0.4 is 11.1 Å². The molecular formula is C24H20N2O4. The van der Waals surface area contributed by atoms with Crippen LogP contribution in [-0.4, -0.2) is 16.9 Å². The van der Waals surface area contributed by atoms with Gasteiger partial charge in [0.05, 0.1) is 10.9 Å². The van der Waals surface area contributed by atoms with Gasteiger partial charge in [-0.3, -0.25) is 4.79 Å². The molecular weight excluding hydrogens is 380 g/mol. The first-order valence-corrected chi connectivity index (χ1v) is 9.49. The Morgan fingerprint density at radius 2 is 1.73 bits per heavy atom. The average Bonchev–Trinajstić information content (AvgIpc) is 2.70. The fourth-order valence-corrected chi connectivity index (χ4v) is 3.62. The lowest BCUT2D eigenvalue weighted by Gasteiger charge is -2.17. The molecule has 0 atom stereocenters. The molecule has 0 aromatic heterocycles. The van der Waals surface area contributed by atoms with E-state index in [-0.39, 0.29) is 22.6 Å². The number of ketones is 1. The first-order chi connectivity index (χ1) is 14.3. The van der Waals surface area contributed by atoms with Gasteiger partial charge in [-0.2, -0.15) is 0 Å². The first-order valence-electron chi connectivity index (χ1n) is 9.49. The van der Waals surface area contributed by atoms with Crippen LogP contribution >= 0.6 is 0 Å². The number of Topliss-reactive ketones (excluding diaryl/α,β-unsaturated/α-hetero) is 1. The molecule has 6 heteroatoms.